The third-order valence-corrected chi connectivity index (χ3v) is 23.8. The summed E-state index contributed by atoms with van der Waals surface area (Å²) in [6, 6.07) is 8.31. The van der Waals surface area contributed by atoms with Gasteiger partial charge in [-0.3, -0.25) is 23.4 Å². The molecule has 0 radical (unpaired) electrons. The SMILES string of the molecule is C=c1ccc2c(c1S(=O)(=O)O)Oc1c(ccc(N)c1S(=O)(=O)O)C=2c1cc(C(=O)NCCOCCOCCNC(=O)OCCC(C)(C)SSCOCCCCOC(=O)NCC#Cc2cn([C@H]3C[C@H](OCSSCC)[C@@H](CO[P+](=O)OP(=O)(O)OP(=O)(O)O)O3)c(=O)nc2N)ccc1C(=O)O. The minimum absolute atomic E-state index is 0.0139. The lowest BCUT2D eigenvalue weighted by molar-refractivity contribution is -0.0508. The molecule has 0 bridgehead atoms. The summed E-state index contributed by atoms with van der Waals surface area (Å²) >= 11 is 0. The van der Waals surface area contributed by atoms with Crippen molar-refractivity contribution in [2.24, 2.45) is 0 Å². The number of nitrogens with one attached hydrogen (secondary N) is 3. The molecular formula is C55H71N7O29P3S6+. The Morgan fingerprint density at radius 2 is 1.52 bits per heavy atom. The van der Waals surface area contributed by atoms with Crippen LogP contribution in [0.25, 0.3) is 12.2 Å². The van der Waals surface area contributed by atoms with E-state index in [4.69, 9.17) is 63.7 Å². The van der Waals surface area contributed by atoms with Gasteiger partial charge >= 0.3 is 47.7 Å². The number of benzene rings is 3. The number of alkyl carbamates (subject to hydrolysis) is 2. The van der Waals surface area contributed by atoms with Crippen LogP contribution in [0.15, 0.2) is 63.2 Å². The second-order valence-corrected chi connectivity index (χ2v) is 33.4. The van der Waals surface area contributed by atoms with E-state index >= 15 is 0 Å². The van der Waals surface area contributed by atoms with Crippen LogP contribution in [0, 0.1) is 11.8 Å². The smallest absolute Gasteiger partial charge is 0.478 e. The number of rotatable bonds is 40. The van der Waals surface area contributed by atoms with Crippen LogP contribution in [0.3, 0.4) is 0 Å². The van der Waals surface area contributed by atoms with Crippen LogP contribution in [0.4, 0.5) is 21.1 Å². The van der Waals surface area contributed by atoms with E-state index in [1.165, 1.54) is 68.9 Å². The number of fused-ring (bicyclic) bond motifs is 2. The fourth-order valence-corrected chi connectivity index (χ4v) is 16.7. The average molecular weight is 1580 g/mol. The van der Waals surface area contributed by atoms with Crippen LogP contribution in [0.1, 0.15) is 90.1 Å². The normalized spacial score (nSPS) is 16.0. The van der Waals surface area contributed by atoms with Crippen molar-refractivity contribution in [2.75, 3.05) is 102 Å². The molecule has 6 rings (SSSR count). The molecular weight excluding hydrogens is 1510 g/mol. The first-order chi connectivity index (χ1) is 47.1. The number of nitrogen functional groups attached to an aromatic ring is 2. The molecule has 2 aliphatic heterocycles. The van der Waals surface area contributed by atoms with Gasteiger partial charge in [-0.05, 0) is 84.6 Å². The standard InChI is InChI=1S/C55H70N7O29P3S6/c1-5-95-96-32-86-41-28-43(88-42(41)30-87-92(69)90-94(73,74)91-93(70,71)72)62-29-35(49(57)61-52(62)66)9-8-17-59-53(67)84-21-7-6-20-83-31-97-98-55(3,4)16-22-85-54(68)60-19-24-82-26-25-81-23-18-58-50(63)34-11-13-36(51(64)65)39(27-34)44-37-12-10-33(2)47(99(75,76)77)45(37)89-46-38(44)14-15-40(56)48(46)100(78,79)80/h10-15,27,29,41-43H,2,5-7,16-26,28,30-32,56H2,1,3-4H3,(H10-,57,58,59,60,61,63,64,65,66,67,68,70,71,72,73,74,75,76,77,78,79,80)/p+1/t41-,42+,43+/m0/s1. The number of ether oxygens (including phenoxy) is 8. The molecule has 3 heterocycles. The number of unbranched alkanes of at least 4 members (excludes halogenated alkanes) is 1. The third-order valence-electron chi connectivity index (χ3n) is 13.3. The molecule has 45 heteroatoms. The zero-order valence-electron chi connectivity index (χ0n) is 53.2. The molecule has 2 unspecified atom stereocenters. The van der Waals surface area contributed by atoms with Crippen LogP contribution < -0.4 is 48.3 Å². The Hall–Kier alpha value is -5.94. The lowest BCUT2D eigenvalue weighted by atomic mass is 9.88. The summed E-state index contributed by atoms with van der Waals surface area (Å²) in [4.78, 5) is 92.6. The van der Waals surface area contributed by atoms with Crippen LogP contribution >= 0.6 is 67.1 Å². The number of hydrogen-bond donors (Lipinski definition) is 11. The monoisotopic (exact) mass is 1580 g/mol. The molecule has 13 N–H and O–H groups in total. The largest absolute Gasteiger partial charge is 0.708 e. The predicted molar refractivity (Wildman–Crippen MR) is 365 cm³/mol. The van der Waals surface area contributed by atoms with E-state index in [1.807, 2.05) is 20.8 Å². The van der Waals surface area contributed by atoms with E-state index in [0.29, 0.717) is 31.8 Å². The molecule has 1 saturated heterocycles. The maximum Gasteiger partial charge on any atom is 0.708 e. The Bertz CT molecular complexity index is 4220. The fraction of sp³-hybridized carbons (Fsp3) is 0.455. The zero-order valence-corrected chi connectivity index (χ0v) is 60.8. The lowest BCUT2D eigenvalue weighted by Gasteiger charge is -2.25. The van der Waals surface area contributed by atoms with E-state index in [0.717, 1.165) is 22.5 Å². The van der Waals surface area contributed by atoms with Gasteiger partial charge in [0.05, 0.1) is 69.1 Å². The quantitative estimate of drug-likeness (QED) is 0.00474. The number of hydrogen-bond acceptors (Lipinski definition) is 30. The van der Waals surface area contributed by atoms with Gasteiger partial charge in [0.2, 0.25) is 0 Å². The van der Waals surface area contributed by atoms with Gasteiger partial charge in [0, 0.05) is 69.3 Å². The molecule has 2 aliphatic rings. The molecule has 3 amide bonds. The van der Waals surface area contributed by atoms with Gasteiger partial charge < -0.3 is 80.2 Å². The van der Waals surface area contributed by atoms with Crippen molar-refractivity contribution in [1.82, 2.24) is 25.5 Å². The number of carbonyl (C=O) groups excluding carboxylic acids is 3. The fourth-order valence-electron chi connectivity index (χ4n) is 8.97. The minimum Gasteiger partial charge on any atom is -0.478 e. The summed E-state index contributed by atoms with van der Waals surface area (Å²) in [7, 11) is -18.9. The molecule has 5 atom stereocenters. The molecule has 4 aromatic rings. The molecule has 1 aromatic heterocycles. The van der Waals surface area contributed by atoms with Gasteiger partial charge in [-0.15, -0.1) is 4.52 Å². The van der Waals surface area contributed by atoms with Crippen LogP contribution in [-0.4, -0.2) is 186 Å². The molecule has 1 fully saturated rings. The van der Waals surface area contributed by atoms with Gasteiger partial charge in [-0.25, -0.2) is 28.3 Å². The number of anilines is 2. The van der Waals surface area contributed by atoms with Crippen molar-refractivity contribution in [3.05, 3.63) is 97.4 Å². The lowest BCUT2D eigenvalue weighted by Crippen LogP contribution is -2.30. The van der Waals surface area contributed by atoms with E-state index in [2.05, 4.69) is 48.0 Å². The summed E-state index contributed by atoms with van der Waals surface area (Å²) in [6.45, 7) is 9.85. The average Bonchev–Trinajstić information content (AvgIpc) is 1.61. The molecule has 36 nitrogen and oxygen atoms in total. The zero-order chi connectivity index (χ0) is 73.6. The number of phosphoric acid groups is 2. The predicted octanol–water partition coefficient (Wildman–Crippen LogP) is 4.87. The van der Waals surface area contributed by atoms with E-state index in [1.54, 1.807) is 10.8 Å². The Morgan fingerprint density at radius 3 is 2.20 bits per heavy atom. The number of carbonyl (C=O) groups is 4. The number of carboxylic acid groups (broad SMARTS) is 1. The summed E-state index contributed by atoms with van der Waals surface area (Å²) in [5.41, 5.74) is 9.60. The van der Waals surface area contributed by atoms with Crippen molar-refractivity contribution in [1.29, 1.82) is 0 Å². The number of aromatic nitrogens is 2. The first kappa shape index (κ1) is 83.0. The number of nitrogens with zero attached hydrogens (tertiary/aromatic N) is 2. The van der Waals surface area contributed by atoms with Crippen molar-refractivity contribution < 1.29 is 130 Å². The van der Waals surface area contributed by atoms with E-state index in [9.17, 15) is 73.6 Å². The Morgan fingerprint density at radius 1 is 0.840 bits per heavy atom. The maximum absolute atomic E-state index is 13.4. The molecule has 550 valence electrons. The molecule has 0 spiro atoms. The molecule has 3 aromatic carbocycles. The van der Waals surface area contributed by atoms with Gasteiger partial charge in [0.25, 0.3) is 26.1 Å². The number of amides is 3. The maximum atomic E-state index is 13.4. The highest BCUT2D eigenvalue weighted by atomic mass is 33.1. The summed E-state index contributed by atoms with van der Waals surface area (Å²) in [6.07, 6.45) is -1.36. The highest BCUT2D eigenvalue weighted by molar-refractivity contribution is 8.77. The van der Waals surface area contributed by atoms with Gasteiger partial charge in [0.15, 0.2) is 16.4 Å². The number of nitrogens with two attached hydrogens (primary N) is 2. The Kier molecular flexibility index (Phi) is 32.0. The van der Waals surface area contributed by atoms with Crippen LogP contribution in [-0.2, 0) is 80.2 Å². The van der Waals surface area contributed by atoms with Crippen molar-refractivity contribution in [2.45, 2.75) is 79.4 Å². The summed E-state index contributed by atoms with van der Waals surface area (Å²) in [5.74, 6) is 2.96. The molecule has 0 saturated carbocycles. The number of carboxylic acids is 1. The third kappa shape index (κ3) is 26.1. The topological polar surface area (TPSA) is 534 Å². The second kappa shape index (κ2) is 38.5. The van der Waals surface area contributed by atoms with Gasteiger partial charge in [0.1, 0.15) is 41.5 Å². The van der Waals surface area contributed by atoms with Gasteiger partial charge in [-0.2, -0.15) is 26.1 Å². The van der Waals surface area contributed by atoms with Crippen molar-refractivity contribution in [3.8, 4) is 23.3 Å². The molecule has 0 aliphatic carbocycles. The minimum atomic E-state index is -5.50. The summed E-state index contributed by atoms with van der Waals surface area (Å²) < 4.78 is 164. The van der Waals surface area contributed by atoms with Crippen molar-refractivity contribution in [3.63, 3.8) is 0 Å². The van der Waals surface area contributed by atoms with Crippen LogP contribution in [0.2, 0.25) is 0 Å². The van der Waals surface area contributed by atoms with Crippen LogP contribution in [0.5, 0.6) is 11.5 Å². The van der Waals surface area contributed by atoms with Crippen molar-refractivity contribution >= 4 is 135 Å². The Balaban J connectivity index is 0.809. The first-order valence-electron chi connectivity index (χ1n) is 29.3. The highest BCUT2D eigenvalue weighted by Gasteiger charge is 2.46. The summed E-state index contributed by atoms with van der Waals surface area (Å²) in [5, 5.41) is 17.6. The van der Waals surface area contributed by atoms with E-state index in [-0.39, 0.29) is 120 Å². The Labute approximate surface area is 588 Å². The highest BCUT2D eigenvalue weighted by Crippen LogP contribution is 2.62. The molecule has 100 heavy (non-hydrogen) atoms. The first-order valence-corrected chi connectivity index (χ1v) is 41.1. The van der Waals surface area contributed by atoms with E-state index < -0.39 is 131 Å². The number of aromatic carboxylic acids is 1. The van der Waals surface area contributed by atoms with Gasteiger partial charge in [-0.1, -0.05) is 74.6 Å². The second-order valence-electron chi connectivity index (χ2n) is 21.1.